The minimum atomic E-state index is -0.354. The first kappa shape index (κ1) is 18.4. The maximum absolute atomic E-state index is 12.7. The average molecular weight is 327 g/mol. The zero-order chi connectivity index (χ0) is 16.4. The molecule has 0 fully saturated rings. The molecule has 0 aliphatic carbocycles. The Hall–Kier alpha value is -1.60. The zero-order valence-electron chi connectivity index (χ0n) is 12.6. The molecule has 4 N–H and O–H groups in total. The highest BCUT2D eigenvalue weighted by Gasteiger charge is 2.14. The summed E-state index contributed by atoms with van der Waals surface area (Å²) in [6.07, 6.45) is 1.73. The quantitative estimate of drug-likeness (QED) is 0.603. The van der Waals surface area contributed by atoms with Crippen LogP contribution in [-0.2, 0) is 9.59 Å². The van der Waals surface area contributed by atoms with Gasteiger partial charge in [0, 0.05) is 12.2 Å². The van der Waals surface area contributed by atoms with Crippen LogP contribution in [0.2, 0.25) is 0 Å². The molecule has 1 aromatic carbocycles. The number of unbranched alkanes of at least 4 members (excludes halogenated alkanes) is 1. The maximum atomic E-state index is 12.7. The monoisotopic (exact) mass is 327 g/mol. The standard InChI is InChI=1S/C15H22FN3O2S/c1-11(15(21)18-9-3-2-8-17)22-10-14(20)19-13-6-4-12(16)5-7-13/h4-7,11H,2-3,8-10,17H2,1H3,(H,18,21)(H,19,20). The van der Waals surface area contributed by atoms with Crippen LogP contribution in [0.5, 0.6) is 0 Å². The molecule has 0 heterocycles. The third kappa shape index (κ3) is 7.42. The van der Waals surface area contributed by atoms with Gasteiger partial charge in [-0.1, -0.05) is 0 Å². The summed E-state index contributed by atoms with van der Waals surface area (Å²) < 4.78 is 12.7. The third-order valence-electron chi connectivity index (χ3n) is 2.89. The molecule has 1 rings (SSSR count). The van der Waals surface area contributed by atoms with Crippen molar-refractivity contribution in [2.75, 3.05) is 24.2 Å². The van der Waals surface area contributed by atoms with E-state index in [0.717, 1.165) is 12.8 Å². The van der Waals surface area contributed by atoms with Gasteiger partial charge in [-0.3, -0.25) is 9.59 Å². The van der Waals surface area contributed by atoms with E-state index in [1.807, 2.05) is 0 Å². The fraction of sp³-hybridized carbons (Fsp3) is 0.467. The fourth-order valence-corrected chi connectivity index (χ4v) is 2.34. The number of nitrogens with one attached hydrogen (secondary N) is 2. The highest BCUT2D eigenvalue weighted by atomic mass is 32.2. The molecule has 1 aromatic rings. The van der Waals surface area contributed by atoms with Gasteiger partial charge in [0.2, 0.25) is 11.8 Å². The topological polar surface area (TPSA) is 84.2 Å². The molecule has 0 saturated carbocycles. The second-order valence-electron chi connectivity index (χ2n) is 4.80. The van der Waals surface area contributed by atoms with Crippen molar-refractivity contribution < 1.29 is 14.0 Å². The van der Waals surface area contributed by atoms with Crippen molar-refractivity contribution in [3.05, 3.63) is 30.1 Å². The Morgan fingerprint density at radius 2 is 1.95 bits per heavy atom. The SMILES string of the molecule is CC(SCC(=O)Nc1ccc(F)cc1)C(=O)NCCCCN. The number of hydrogen-bond donors (Lipinski definition) is 3. The van der Waals surface area contributed by atoms with Crippen LogP contribution in [0.4, 0.5) is 10.1 Å². The van der Waals surface area contributed by atoms with Gasteiger partial charge < -0.3 is 16.4 Å². The van der Waals surface area contributed by atoms with Crippen LogP contribution < -0.4 is 16.4 Å². The molecule has 0 spiro atoms. The number of halogens is 1. The van der Waals surface area contributed by atoms with Crippen molar-refractivity contribution in [2.24, 2.45) is 5.73 Å². The largest absolute Gasteiger partial charge is 0.355 e. The summed E-state index contributed by atoms with van der Waals surface area (Å²) in [6.45, 7) is 2.97. The molecule has 0 aromatic heterocycles. The van der Waals surface area contributed by atoms with Gasteiger partial charge in [0.05, 0.1) is 11.0 Å². The van der Waals surface area contributed by atoms with Crippen molar-refractivity contribution >= 4 is 29.3 Å². The smallest absolute Gasteiger partial charge is 0.234 e. The zero-order valence-corrected chi connectivity index (χ0v) is 13.4. The Morgan fingerprint density at radius 1 is 1.27 bits per heavy atom. The van der Waals surface area contributed by atoms with Crippen molar-refractivity contribution in [3.63, 3.8) is 0 Å². The lowest BCUT2D eigenvalue weighted by Crippen LogP contribution is -2.32. The Labute approximate surface area is 134 Å². The maximum Gasteiger partial charge on any atom is 0.234 e. The summed E-state index contributed by atoms with van der Waals surface area (Å²) in [5.41, 5.74) is 5.91. The molecule has 122 valence electrons. The van der Waals surface area contributed by atoms with E-state index in [2.05, 4.69) is 10.6 Å². The lowest BCUT2D eigenvalue weighted by Gasteiger charge is -2.12. The van der Waals surface area contributed by atoms with Gasteiger partial charge in [-0.05, 0) is 50.6 Å². The van der Waals surface area contributed by atoms with Gasteiger partial charge in [-0.25, -0.2) is 4.39 Å². The van der Waals surface area contributed by atoms with E-state index < -0.39 is 0 Å². The van der Waals surface area contributed by atoms with Crippen molar-refractivity contribution in [3.8, 4) is 0 Å². The summed E-state index contributed by atoms with van der Waals surface area (Å²) in [5.74, 6) is -0.502. The summed E-state index contributed by atoms with van der Waals surface area (Å²) in [4.78, 5) is 23.5. The third-order valence-corrected chi connectivity index (χ3v) is 4.03. The molecule has 0 aliphatic rings. The first-order chi connectivity index (χ1) is 10.5. The average Bonchev–Trinajstić information content (AvgIpc) is 2.51. The number of amides is 2. The minimum Gasteiger partial charge on any atom is -0.355 e. The first-order valence-electron chi connectivity index (χ1n) is 7.17. The van der Waals surface area contributed by atoms with E-state index in [1.165, 1.54) is 36.0 Å². The number of thioether (sulfide) groups is 1. The van der Waals surface area contributed by atoms with Gasteiger partial charge in [0.15, 0.2) is 0 Å². The molecule has 0 saturated heterocycles. The van der Waals surface area contributed by atoms with Crippen LogP contribution in [0, 0.1) is 5.82 Å². The summed E-state index contributed by atoms with van der Waals surface area (Å²) >= 11 is 1.26. The fourth-order valence-electron chi connectivity index (χ4n) is 1.63. The highest BCUT2D eigenvalue weighted by molar-refractivity contribution is 8.01. The summed E-state index contributed by atoms with van der Waals surface area (Å²) in [7, 11) is 0. The molecular weight excluding hydrogens is 305 g/mol. The van der Waals surface area contributed by atoms with Crippen LogP contribution >= 0.6 is 11.8 Å². The number of carbonyl (C=O) groups excluding carboxylic acids is 2. The first-order valence-corrected chi connectivity index (χ1v) is 8.22. The number of rotatable bonds is 9. The van der Waals surface area contributed by atoms with Crippen LogP contribution in [-0.4, -0.2) is 35.9 Å². The van der Waals surface area contributed by atoms with Gasteiger partial charge in [0.25, 0.3) is 0 Å². The predicted octanol–water partition coefficient (Wildman–Crippen LogP) is 1.74. The Morgan fingerprint density at radius 3 is 2.59 bits per heavy atom. The van der Waals surface area contributed by atoms with E-state index in [1.54, 1.807) is 6.92 Å². The summed E-state index contributed by atoms with van der Waals surface area (Å²) in [5, 5.41) is 5.15. The molecule has 1 unspecified atom stereocenters. The molecule has 5 nitrogen and oxygen atoms in total. The van der Waals surface area contributed by atoms with Crippen LogP contribution in [0.25, 0.3) is 0 Å². The van der Waals surface area contributed by atoms with Gasteiger partial charge in [-0.2, -0.15) is 0 Å². The van der Waals surface area contributed by atoms with Gasteiger partial charge in [0.1, 0.15) is 5.82 Å². The Kier molecular flexibility index (Phi) is 8.54. The number of nitrogens with two attached hydrogens (primary N) is 1. The molecule has 2 amide bonds. The van der Waals surface area contributed by atoms with E-state index in [-0.39, 0.29) is 28.6 Å². The molecule has 22 heavy (non-hydrogen) atoms. The van der Waals surface area contributed by atoms with Crippen molar-refractivity contribution in [1.29, 1.82) is 0 Å². The van der Waals surface area contributed by atoms with Crippen LogP contribution in [0.1, 0.15) is 19.8 Å². The van der Waals surface area contributed by atoms with Crippen LogP contribution in [0.3, 0.4) is 0 Å². The summed E-state index contributed by atoms with van der Waals surface area (Å²) in [6, 6.07) is 5.54. The van der Waals surface area contributed by atoms with Gasteiger partial charge >= 0.3 is 0 Å². The number of anilines is 1. The van der Waals surface area contributed by atoms with E-state index >= 15 is 0 Å². The number of benzene rings is 1. The Balaban J connectivity index is 2.24. The number of hydrogen-bond acceptors (Lipinski definition) is 4. The second kappa shape index (κ2) is 10.2. The molecule has 7 heteroatoms. The predicted molar refractivity (Wildman–Crippen MR) is 88.2 cm³/mol. The Bertz CT molecular complexity index is 482. The molecule has 0 aliphatic heterocycles. The highest BCUT2D eigenvalue weighted by Crippen LogP contribution is 2.13. The van der Waals surface area contributed by atoms with E-state index in [9.17, 15) is 14.0 Å². The molecule has 0 radical (unpaired) electrons. The van der Waals surface area contributed by atoms with Gasteiger partial charge in [-0.15, -0.1) is 11.8 Å². The normalized spacial score (nSPS) is 11.8. The number of carbonyl (C=O) groups is 2. The minimum absolute atomic E-state index is 0.0865. The van der Waals surface area contributed by atoms with Crippen molar-refractivity contribution in [1.82, 2.24) is 5.32 Å². The van der Waals surface area contributed by atoms with Crippen molar-refractivity contribution in [2.45, 2.75) is 25.0 Å². The lowest BCUT2D eigenvalue weighted by molar-refractivity contribution is -0.120. The second-order valence-corrected chi connectivity index (χ2v) is 6.12. The molecular formula is C15H22FN3O2S. The lowest BCUT2D eigenvalue weighted by atomic mass is 10.3. The molecule has 0 bridgehead atoms. The van der Waals surface area contributed by atoms with Crippen LogP contribution in [0.15, 0.2) is 24.3 Å². The molecule has 1 atom stereocenters. The van der Waals surface area contributed by atoms with E-state index in [4.69, 9.17) is 5.73 Å². The van der Waals surface area contributed by atoms with E-state index in [0.29, 0.717) is 18.8 Å².